The first-order chi connectivity index (χ1) is 12.2. The molecule has 1 amide bonds. The Morgan fingerprint density at radius 2 is 2.20 bits per heavy atom. The van der Waals surface area contributed by atoms with Crippen LogP contribution in [0.5, 0.6) is 0 Å². The van der Waals surface area contributed by atoms with E-state index in [1.165, 1.54) is 19.5 Å². The fraction of sp³-hybridized carbons (Fsp3) is 0.579. The van der Waals surface area contributed by atoms with Crippen LogP contribution in [0.4, 0.5) is 5.88 Å². The average Bonchev–Trinajstić information content (AvgIpc) is 3.18. The molecule has 2 aliphatic rings. The number of nitrogens with zero attached hydrogens (tertiary/aromatic N) is 3. The summed E-state index contributed by atoms with van der Waals surface area (Å²) in [7, 11) is 0. The van der Waals surface area contributed by atoms with Gasteiger partial charge in [0.25, 0.3) is 5.91 Å². The second-order valence-corrected chi connectivity index (χ2v) is 7.18. The highest BCUT2D eigenvalue weighted by Gasteiger charge is 2.33. The molecule has 25 heavy (non-hydrogen) atoms. The van der Waals surface area contributed by atoms with Crippen LogP contribution in [-0.2, 0) is 0 Å². The van der Waals surface area contributed by atoms with Crippen LogP contribution in [-0.4, -0.2) is 54.6 Å². The summed E-state index contributed by atoms with van der Waals surface area (Å²) < 4.78 is 5.93. The number of amides is 1. The zero-order valence-electron chi connectivity index (χ0n) is 15.0. The quantitative estimate of drug-likeness (QED) is 0.905. The summed E-state index contributed by atoms with van der Waals surface area (Å²) in [5.41, 5.74) is 1.15. The number of furan rings is 1. The lowest BCUT2D eigenvalue weighted by molar-refractivity contribution is 0.0904. The molecule has 3 atom stereocenters. The Hall–Kier alpha value is -2.08. The zero-order chi connectivity index (χ0) is 17.4. The Balaban J connectivity index is 1.49. The van der Waals surface area contributed by atoms with Crippen molar-refractivity contribution in [1.82, 2.24) is 15.2 Å². The molecule has 2 fully saturated rings. The summed E-state index contributed by atoms with van der Waals surface area (Å²) in [4.78, 5) is 21.5. The monoisotopic (exact) mass is 342 g/mol. The van der Waals surface area contributed by atoms with Crippen LogP contribution in [0, 0.1) is 5.92 Å². The van der Waals surface area contributed by atoms with Crippen molar-refractivity contribution in [3.63, 3.8) is 0 Å². The number of carbonyl (C=O) groups excluding carboxylic acids is 1. The second kappa shape index (κ2) is 6.67. The van der Waals surface area contributed by atoms with Gasteiger partial charge in [0.05, 0.1) is 0 Å². The second-order valence-electron chi connectivity index (χ2n) is 7.18. The number of rotatable bonds is 5. The number of hydrogen-bond acceptors (Lipinski definition) is 5. The third kappa shape index (κ3) is 3.23. The van der Waals surface area contributed by atoms with E-state index in [4.69, 9.17) is 4.42 Å². The number of anilines is 1. The van der Waals surface area contributed by atoms with Gasteiger partial charge in [-0.05, 0) is 39.2 Å². The van der Waals surface area contributed by atoms with Gasteiger partial charge in [0.1, 0.15) is 11.3 Å². The Bertz CT molecular complexity index is 756. The van der Waals surface area contributed by atoms with Crippen LogP contribution >= 0.6 is 0 Å². The predicted octanol–water partition coefficient (Wildman–Crippen LogP) is 2.50. The van der Waals surface area contributed by atoms with Gasteiger partial charge >= 0.3 is 0 Å². The molecule has 0 aromatic carbocycles. The Morgan fingerprint density at radius 3 is 2.96 bits per heavy atom. The summed E-state index contributed by atoms with van der Waals surface area (Å²) in [5, 5.41) is 4.09. The molecule has 2 aromatic rings. The molecule has 6 heteroatoms. The average molecular weight is 342 g/mol. The smallest absolute Gasteiger partial charge is 0.270 e. The Labute approximate surface area is 148 Å². The van der Waals surface area contributed by atoms with E-state index in [9.17, 15) is 4.79 Å². The van der Waals surface area contributed by atoms with E-state index in [-0.39, 0.29) is 11.9 Å². The van der Waals surface area contributed by atoms with Gasteiger partial charge < -0.3 is 19.5 Å². The zero-order valence-corrected chi connectivity index (χ0v) is 15.0. The van der Waals surface area contributed by atoms with Gasteiger partial charge in [0.15, 0.2) is 5.88 Å². The van der Waals surface area contributed by atoms with E-state index in [2.05, 4.69) is 33.9 Å². The van der Waals surface area contributed by atoms with Gasteiger partial charge in [-0.1, -0.05) is 0 Å². The number of fused-ring (bicyclic) bond motifs is 3. The van der Waals surface area contributed by atoms with Crippen LogP contribution < -0.4 is 10.2 Å². The first kappa shape index (κ1) is 16.4. The van der Waals surface area contributed by atoms with Crippen LogP contribution in [0.15, 0.2) is 22.7 Å². The number of carbonyl (C=O) groups is 1. The van der Waals surface area contributed by atoms with E-state index in [1.807, 2.05) is 6.07 Å². The highest BCUT2D eigenvalue weighted by molar-refractivity contribution is 5.95. The molecule has 134 valence electrons. The minimum Gasteiger partial charge on any atom is -0.440 e. The van der Waals surface area contributed by atoms with Crippen molar-refractivity contribution in [2.75, 3.05) is 37.6 Å². The van der Waals surface area contributed by atoms with Crippen LogP contribution in [0.25, 0.3) is 11.0 Å². The molecule has 1 N–H and O–H groups in total. The Morgan fingerprint density at radius 1 is 1.36 bits per heavy atom. The molecule has 0 aliphatic carbocycles. The minimum atomic E-state index is -0.102. The predicted molar refractivity (Wildman–Crippen MR) is 98.0 cm³/mol. The summed E-state index contributed by atoms with van der Waals surface area (Å²) in [6, 6.07) is 3.98. The van der Waals surface area contributed by atoms with Crippen molar-refractivity contribution in [2.24, 2.45) is 5.92 Å². The SMILES string of the molecule is CCN(CC)c1cc2cnc(C(=O)N[C@@H]3C[C@H]4CCN(C4)C3)cc2o1. The summed E-state index contributed by atoms with van der Waals surface area (Å²) in [6.07, 6.45) is 4.07. The number of pyridine rings is 1. The van der Waals surface area contributed by atoms with E-state index in [0.717, 1.165) is 48.8 Å². The van der Waals surface area contributed by atoms with Crippen molar-refractivity contribution in [1.29, 1.82) is 0 Å². The van der Waals surface area contributed by atoms with E-state index in [0.29, 0.717) is 5.69 Å². The standard InChI is InChI=1S/C19H26N4O2/c1-3-23(4-2)18-8-14-10-20-16(9-17(14)25-18)19(24)21-15-7-13-5-6-22(11-13)12-15/h8-10,13,15H,3-7,11-12H2,1-2H3,(H,21,24)/t13-,15-/m1/s1. The van der Waals surface area contributed by atoms with Gasteiger partial charge in [-0.25, -0.2) is 0 Å². The van der Waals surface area contributed by atoms with Crippen molar-refractivity contribution in [2.45, 2.75) is 32.7 Å². The maximum Gasteiger partial charge on any atom is 0.270 e. The highest BCUT2D eigenvalue weighted by Crippen LogP contribution is 2.28. The molecule has 0 radical (unpaired) electrons. The number of piperidine rings is 1. The summed E-state index contributed by atoms with van der Waals surface area (Å²) in [6.45, 7) is 9.28. The number of nitrogens with one attached hydrogen (secondary N) is 1. The summed E-state index contributed by atoms with van der Waals surface area (Å²) in [5.74, 6) is 1.46. The fourth-order valence-electron chi connectivity index (χ4n) is 4.16. The van der Waals surface area contributed by atoms with Crippen molar-refractivity contribution >= 4 is 22.8 Å². The lowest BCUT2D eigenvalue weighted by Crippen LogP contribution is -2.47. The highest BCUT2D eigenvalue weighted by atomic mass is 16.4. The van der Waals surface area contributed by atoms with Crippen LogP contribution in [0.3, 0.4) is 0 Å². The minimum absolute atomic E-state index is 0.102. The third-order valence-electron chi connectivity index (χ3n) is 5.50. The lowest BCUT2D eigenvalue weighted by atomic mass is 9.97. The molecule has 0 spiro atoms. The fourth-order valence-corrected chi connectivity index (χ4v) is 4.16. The largest absolute Gasteiger partial charge is 0.440 e. The maximum atomic E-state index is 12.6. The molecule has 1 unspecified atom stereocenters. The maximum absolute atomic E-state index is 12.6. The molecule has 2 aliphatic heterocycles. The van der Waals surface area contributed by atoms with Gasteiger partial charge in [0.2, 0.25) is 0 Å². The topological polar surface area (TPSA) is 61.6 Å². The molecule has 4 heterocycles. The van der Waals surface area contributed by atoms with Gasteiger partial charge in [-0.3, -0.25) is 9.78 Å². The van der Waals surface area contributed by atoms with E-state index < -0.39 is 0 Å². The number of hydrogen-bond donors (Lipinski definition) is 1. The van der Waals surface area contributed by atoms with Crippen molar-refractivity contribution < 1.29 is 9.21 Å². The van der Waals surface area contributed by atoms with E-state index in [1.54, 1.807) is 12.3 Å². The normalized spacial score (nSPS) is 25.3. The Kier molecular flexibility index (Phi) is 4.37. The third-order valence-corrected chi connectivity index (χ3v) is 5.50. The first-order valence-electron chi connectivity index (χ1n) is 9.34. The number of aromatic nitrogens is 1. The molecule has 2 saturated heterocycles. The molecule has 0 saturated carbocycles. The van der Waals surface area contributed by atoms with Gasteiger partial charge in [-0.2, -0.15) is 0 Å². The molecule has 2 bridgehead atoms. The van der Waals surface area contributed by atoms with Crippen LogP contribution in [0.2, 0.25) is 0 Å². The van der Waals surface area contributed by atoms with Crippen molar-refractivity contribution in [3.05, 3.63) is 24.0 Å². The van der Waals surface area contributed by atoms with Gasteiger partial charge in [0, 0.05) is 55.9 Å². The lowest BCUT2D eigenvalue weighted by Gasteiger charge is -2.30. The molecular formula is C19H26N4O2. The molecular weight excluding hydrogens is 316 g/mol. The van der Waals surface area contributed by atoms with Crippen molar-refractivity contribution in [3.8, 4) is 0 Å². The molecule has 2 aromatic heterocycles. The van der Waals surface area contributed by atoms with Crippen LogP contribution in [0.1, 0.15) is 37.2 Å². The molecule has 4 rings (SSSR count). The van der Waals surface area contributed by atoms with Gasteiger partial charge in [-0.15, -0.1) is 0 Å². The summed E-state index contributed by atoms with van der Waals surface area (Å²) >= 11 is 0. The first-order valence-corrected chi connectivity index (χ1v) is 9.34. The van der Waals surface area contributed by atoms with E-state index >= 15 is 0 Å². The molecule has 6 nitrogen and oxygen atoms in total.